The number of anilines is 2. The number of rotatable bonds is 4. The SMILES string of the molecule is Cc1c(Nc2ccc(C#N)cc2Cl)ncnc1OC1CC2COCC(C1)N2C(=O)SC(C)(C)C. The van der Waals surface area contributed by atoms with Crippen LogP contribution in [0.15, 0.2) is 24.5 Å². The number of amides is 1. The highest BCUT2D eigenvalue weighted by molar-refractivity contribution is 8.14. The van der Waals surface area contributed by atoms with Gasteiger partial charge in [-0.15, -0.1) is 0 Å². The fraction of sp³-hybridized carbons (Fsp3) is 0.500. The summed E-state index contributed by atoms with van der Waals surface area (Å²) in [5.41, 5.74) is 1.88. The van der Waals surface area contributed by atoms with E-state index >= 15 is 0 Å². The van der Waals surface area contributed by atoms with Gasteiger partial charge in [-0.1, -0.05) is 44.1 Å². The molecule has 2 fully saturated rings. The number of carbonyl (C=O) groups is 1. The summed E-state index contributed by atoms with van der Waals surface area (Å²) >= 11 is 7.67. The maximum Gasteiger partial charge on any atom is 0.282 e. The number of benzene rings is 1. The number of nitrogens with one attached hydrogen (secondary N) is 1. The van der Waals surface area contributed by atoms with Crippen LogP contribution in [-0.4, -0.2) is 56.3 Å². The van der Waals surface area contributed by atoms with Gasteiger partial charge in [0.2, 0.25) is 5.88 Å². The van der Waals surface area contributed by atoms with Crippen molar-refractivity contribution in [1.82, 2.24) is 14.9 Å². The van der Waals surface area contributed by atoms with Gasteiger partial charge in [0, 0.05) is 17.6 Å². The summed E-state index contributed by atoms with van der Waals surface area (Å²) in [6.45, 7) is 9.06. The van der Waals surface area contributed by atoms with Crippen molar-refractivity contribution in [1.29, 1.82) is 5.26 Å². The number of ether oxygens (including phenoxy) is 2. The number of aromatic nitrogens is 2. The molecular formula is C24H28ClN5O3S. The molecule has 34 heavy (non-hydrogen) atoms. The summed E-state index contributed by atoms with van der Waals surface area (Å²) in [6, 6.07) is 7.07. The lowest BCUT2D eigenvalue weighted by atomic mass is 9.92. The first-order chi connectivity index (χ1) is 16.1. The van der Waals surface area contributed by atoms with Crippen LogP contribution in [-0.2, 0) is 4.74 Å². The number of fused-ring (bicyclic) bond motifs is 2. The molecule has 4 rings (SSSR count). The molecule has 1 aromatic carbocycles. The minimum Gasteiger partial charge on any atom is -0.474 e. The number of carbonyl (C=O) groups excluding carboxylic acids is 1. The van der Waals surface area contributed by atoms with Crippen LogP contribution in [0, 0.1) is 18.3 Å². The van der Waals surface area contributed by atoms with Crippen molar-refractivity contribution in [2.24, 2.45) is 0 Å². The molecule has 0 radical (unpaired) electrons. The standard InChI is InChI=1S/C24H28ClN5O3S/c1-14-21(29-20-6-5-15(10-26)7-19(20)25)27-13-28-22(14)33-18-8-16-11-32-12-17(9-18)30(16)23(31)34-24(2,3)4/h5-7,13,16-18H,8-9,11-12H2,1-4H3,(H,27,28,29). The van der Waals surface area contributed by atoms with Crippen molar-refractivity contribution >= 4 is 40.1 Å². The number of thioether (sulfide) groups is 1. The zero-order valence-corrected chi connectivity index (χ0v) is 21.2. The van der Waals surface area contributed by atoms with Gasteiger partial charge in [0.15, 0.2) is 0 Å². The van der Waals surface area contributed by atoms with Crippen molar-refractivity contribution in [2.45, 2.75) is 63.5 Å². The number of piperidine rings is 1. The van der Waals surface area contributed by atoms with Crippen LogP contribution >= 0.6 is 23.4 Å². The monoisotopic (exact) mass is 501 g/mol. The third kappa shape index (κ3) is 5.57. The molecule has 1 aromatic heterocycles. The number of hydrogen-bond donors (Lipinski definition) is 1. The van der Waals surface area contributed by atoms with Crippen LogP contribution in [0.2, 0.25) is 5.02 Å². The average Bonchev–Trinajstić information content (AvgIpc) is 2.76. The summed E-state index contributed by atoms with van der Waals surface area (Å²) in [6.07, 6.45) is 2.73. The first kappa shape index (κ1) is 24.6. The molecule has 2 unspecified atom stereocenters. The fourth-order valence-electron chi connectivity index (χ4n) is 4.22. The zero-order valence-electron chi connectivity index (χ0n) is 19.7. The Bertz CT molecular complexity index is 1100. The first-order valence-corrected chi connectivity index (χ1v) is 12.4. The molecule has 0 spiro atoms. The quantitative estimate of drug-likeness (QED) is 0.601. The van der Waals surface area contributed by atoms with E-state index in [2.05, 4.69) is 21.4 Å². The van der Waals surface area contributed by atoms with Crippen LogP contribution in [0.25, 0.3) is 0 Å². The minimum absolute atomic E-state index is 0.0166. The number of hydrogen-bond acceptors (Lipinski definition) is 8. The molecular weight excluding hydrogens is 474 g/mol. The van der Waals surface area contributed by atoms with Gasteiger partial charge in [0.25, 0.3) is 5.24 Å². The van der Waals surface area contributed by atoms with E-state index in [1.165, 1.54) is 18.1 Å². The van der Waals surface area contributed by atoms with Crippen LogP contribution in [0.1, 0.15) is 44.7 Å². The second kappa shape index (κ2) is 9.98. The van der Waals surface area contributed by atoms with E-state index in [-0.39, 0.29) is 28.2 Å². The number of nitriles is 1. The Morgan fingerprint density at radius 1 is 1.29 bits per heavy atom. The summed E-state index contributed by atoms with van der Waals surface area (Å²) in [5, 5.41) is 12.8. The molecule has 2 bridgehead atoms. The summed E-state index contributed by atoms with van der Waals surface area (Å²) in [4.78, 5) is 23.7. The summed E-state index contributed by atoms with van der Waals surface area (Å²) < 4.78 is 11.9. The Kier molecular flexibility index (Phi) is 7.22. The van der Waals surface area contributed by atoms with Gasteiger partial charge >= 0.3 is 0 Å². The summed E-state index contributed by atoms with van der Waals surface area (Å²) in [5.74, 6) is 1.07. The Hall–Kier alpha value is -2.54. The molecule has 2 aliphatic rings. The first-order valence-electron chi connectivity index (χ1n) is 11.2. The highest BCUT2D eigenvalue weighted by Crippen LogP contribution is 2.36. The molecule has 2 aliphatic heterocycles. The van der Waals surface area contributed by atoms with Crippen molar-refractivity contribution in [3.8, 4) is 11.9 Å². The van der Waals surface area contributed by atoms with Gasteiger partial charge < -0.3 is 19.7 Å². The molecule has 180 valence electrons. The Morgan fingerprint density at radius 2 is 2.00 bits per heavy atom. The van der Waals surface area contributed by atoms with Crippen molar-refractivity contribution in [3.05, 3.63) is 40.7 Å². The molecule has 3 heterocycles. The molecule has 1 amide bonds. The Labute approximate surface area is 209 Å². The van der Waals surface area contributed by atoms with Crippen molar-refractivity contribution < 1.29 is 14.3 Å². The predicted molar refractivity (Wildman–Crippen MR) is 133 cm³/mol. The third-order valence-electron chi connectivity index (χ3n) is 5.75. The minimum atomic E-state index is -0.140. The van der Waals surface area contributed by atoms with Gasteiger partial charge in [-0.05, 0) is 25.1 Å². The van der Waals surface area contributed by atoms with Gasteiger partial charge in [-0.3, -0.25) is 4.79 Å². The second-order valence-corrected chi connectivity index (χ2v) is 11.7. The number of morpholine rings is 1. The van der Waals surface area contributed by atoms with Gasteiger partial charge in [0.1, 0.15) is 18.2 Å². The van der Waals surface area contributed by atoms with E-state index in [9.17, 15) is 4.79 Å². The van der Waals surface area contributed by atoms with Crippen LogP contribution in [0.3, 0.4) is 0 Å². The summed E-state index contributed by atoms with van der Waals surface area (Å²) in [7, 11) is 0. The molecule has 8 nitrogen and oxygen atoms in total. The largest absolute Gasteiger partial charge is 0.474 e. The average molecular weight is 502 g/mol. The number of nitrogens with zero attached hydrogens (tertiary/aromatic N) is 4. The van der Waals surface area contributed by atoms with Crippen LogP contribution in [0.5, 0.6) is 5.88 Å². The molecule has 0 aliphatic carbocycles. The van der Waals surface area contributed by atoms with Crippen molar-refractivity contribution in [3.63, 3.8) is 0 Å². The van der Waals surface area contributed by atoms with Crippen LogP contribution < -0.4 is 10.1 Å². The third-order valence-corrected chi connectivity index (χ3v) is 7.06. The molecule has 1 N–H and O–H groups in total. The molecule has 2 saturated heterocycles. The molecule has 2 atom stereocenters. The van der Waals surface area contributed by atoms with E-state index in [0.717, 1.165) is 5.56 Å². The fourth-order valence-corrected chi connectivity index (χ4v) is 5.38. The van der Waals surface area contributed by atoms with E-state index in [1.54, 1.807) is 18.2 Å². The highest BCUT2D eigenvalue weighted by atomic mass is 35.5. The van der Waals surface area contributed by atoms with E-state index in [0.29, 0.717) is 54.0 Å². The lowest BCUT2D eigenvalue weighted by molar-refractivity contribution is -0.0738. The van der Waals surface area contributed by atoms with E-state index < -0.39 is 0 Å². The topological polar surface area (TPSA) is 100 Å². The van der Waals surface area contributed by atoms with Gasteiger partial charge in [-0.25, -0.2) is 9.97 Å². The zero-order chi connectivity index (χ0) is 24.5. The second-order valence-electron chi connectivity index (χ2n) is 9.53. The van der Waals surface area contributed by atoms with E-state index in [1.807, 2.05) is 32.6 Å². The van der Waals surface area contributed by atoms with Gasteiger partial charge in [0.05, 0.1) is 53.2 Å². The molecule has 10 heteroatoms. The lowest BCUT2D eigenvalue weighted by Crippen LogP contribution is -2.60. The van der Waals surface area contributed by atoms with E-state index in [4.69, 9.17) is 26.3 Å². The Balaban J connectivity index is 1.47. The van der Waals surface area contributed by atoms with Gasteiger partial charge in [-0.2, -0.15) is 5.26 Å². The maximum absolute atomic E-state index is 13.0. The Morgan fingerprint density at radius 3 is 2.62 bits per heavy atom. The normalized spacial score (nSPS) is 22.1. The molecule has 0 saturated carbocycles. The van der Waals surface area contributed by atoms with Crippen LogP contribution in [0.4, 0.5) is 16.3 Å². The molecule has 2 aromatic rings. The van der Waals surface area contributed by atoms with Crippen molar-refractivity contribution in [2.75, 3.05) is 18.5 Å². The smallest absolute Gasteiger partial charge is 0.282 e. The maximum atomic E-state index is 13.0. The predicted octanol–water partition coefficient (Wildman–Crippen LogP) is 5.32. The number of halogens is 1. The lowest BCUT2D eigenvalue weighted by Gasteiger charge is -2.48. The highest BCUT2D eigenvalue weighted by Gasteiger charge is 2.43.